The molecule has 2 rings (SSSR count). The molecule has 18 heavy (non-hydrogen) atoms. The van der Waals surface area contributed by atoms with Crippen LogP contribution in [0.15, 0.2) is 23.4 Å². The van der Waals surface area contributed by atoms with Crippen LogP contribution in [0.1, 0.15) is 12.0 Å². The van der Waals surface area contributed by atoms with Gasteiger partial charge in [-0.3, -0.25) is 0 Å². The van der Waals surface area contributed by atoms with Crippen molar-refractivity contribution in [3.05, 3.63) is 34.6 Å². The maximum absolute atomic E-state index is 13.1. The highest BCUT2D eigenvalue weighted by Crippen LogP contribution is 2.16. The summed E-state index contributed by atoms with van der Waals surface area (Å²) >= 11 is 5.57. The molecule has 0 bridgehead atoms. The summed E-state index contributed by atoms with van der Waals surface area (Å²) in [4.78, 5) is 5.09. The molecule has 0 aromatic heterocycles. The monoisotopic (exact) mass is 272 g/mol. The lowest BCUT2D eigenvalue weighted by Gasteiger charge is -2.06. The molecule has 1 aromatic rings. The SMILES string of the molecule is N/C(=N\OCc1ccc(Cl)c(F)c1)C1CCOC1. The van der Waals surface area contributed by atoms with Crippen LogP contribution in [0.25, 0.3) is 0 Å². The maximum atomic E-state index is 13.1. The van der Waals surface area contributed by atoms with E-state index in [0.29, 0.717) is 24.6 Å². The molecule has 1 aliphatic heterocycles. The van der Waals surface area contributed by atoms with E-state index in [-0.39, 0.29) is 17.5 Å². The summed E-state index contributed by atoms with van der Waals surface area (Å²) in [7, 11) is 0. The van der Waals surface area contributed by atoms with Crippen LogP contribution in [0.3, 0.4) is 0 Å². The molecule has 1 aliphatic rings. The molecule has 1 fully saturated rings. The molecule has 4 nitrogen and oxygen atoms in total. The molecule has 1 aromatic carbocycles. The van der Waals surface area contributed by atoms with E-state index in [0.717, 1.165) is 6.42 Å². The highest BCUT2D eigenvalue weighted by atomic mass is 35.5. The van der Waals surface area contributed by atoms with Gasteiger partial charge in [0, 0.05) is 12.5 Å². The molecular formula is C12H14ClFN2O2. The number of nitrogens with zero attached hydrogens (tertiary/aromatic N) is 1. The first-order valence-electron chi connectivity index (χ1n) is 5.64. The zero-order chi connectivity index (χ0) is 13.0. The van der Waals surface area contributed by atoms with Crippen molar-refractivity contribution < 1.29 is 14.0 Å². The molecular weight excluding hydrogens is 259 g/mol. The van der Waals surface area contributed by atoms with Gasteiger partial charge in [0.15, 0.2) is 0 Å². The number of amidine groups is 1. The predicted molar refractivity (Wildman–Crippen MR) is 66.7 cm³/mol. The van der Waals surface area contributed by atoms with Crippen LogP contribution in [0, 0.1) is 11.7 Å². The molecule has 0 radical (unpaired) electrons. The van der Waals surface area contributed by atoms with Crippen LogP contribution in [-0.2, 0) is 16.2 Å². The van der Waals surface area contributed by atoms with E-state index < -0.39 is 5.82 Å². The van der Waals surface area contributed by atoms with Gasteiger partial charge in [0.25, 0.3) is 0 Å². The standard InChI is InChI=1S/C12H14ClFN2O2/c13-10-2-1-8(5-11(10)14)6-18-16-12(15)9-3-4-17-7-9/h1-2,5,9H,3-4,6-7H2,(H2,15,16). The average molecular weight is 273 g/mol. The third kappa shape index (κ3) is 3.34. The number of hydrogen-bond acceptors (Lipinski definition) is 3. The summed E-state index contributed by atoms with van der Waals surface area (Å²) in [5, 5.41) is 3.90. The van der Waals surface area contributed by atoms with Crippen molar-refractivity contribution in [1.29, 1.82) is 0 Å². The number of benzene rings is 1. The molecule has 1 unspecified atom stereocenters. The summed E-state index contributed by atoms with van der Waals surface area (Å²) < 4.78 is 18.3. The summed E-state index contributed by atoms with van der Waals surface area (Å²) in [6.07, 6.45) is 0.855. The Labute approximate surface area is 110 Å². The van der Waals surface area contributed by atoms with Crippen LogP contribution in [0.5, 0.6) is 0 Å². The number of oxime groups is 1. The van der Waals surface area contributed by atoms with Crippen molar-refractivity contribution in [3.8, 4) is 0 Å². The van der Waals surface area contributed by atoms with Gasteiger partial charge in [0.05, 0.1) is 11.6 Å². The lowest BCUT2D eigenvalue weighted by molar-refractivity contribution is 0.127. The van der Waals surface area contributed by atoms with E-state index in [9.17, 15) is 4.39 Å². The van der Waals surface area contributed by atoms with Crippen molar-refractivity contribution in [1.82, 2.24) is 0 Å². The predicted octanol–water partition coefficient (Wildman–Crippen LogP) is 2.30. The quantitative estimate of drug-likeness (QED) is 0.520. The molecule has 0 aliphatic carbocycles. The van der Waals surface area contributed by atoms with Gasteiger partial charge in [0.1, 0.15) is 18.3 Å². The minimum atomic E-state index is -0.473. The molecule has 6 heteroatoms. The highest BCUT2D eigenvalue weighted by molar-refractivity contribution is 6.30. The van der Waals surface area contributed by atoms with E-state index in [1.54, 1.807) is 6.07 Å². The minimum absolute atomic E-state index is 0.0878. The van der Waals surface area contributed by atoms with Crippen molar-refractivity contribution in [3.63, 3.8) is 0 Å². The Kier molecular flexibility index (Phi) is 4.38. The normalized spacial score (nSPS) is 20.1. The number of ether oxygens (including phenoxy) is 1. The summed E-state index contributed by atoms with van der Waals surface area (Å²) in [6, 6.07) is 4.47. The fourth-order valence-corrected chi connectivity index (χ4v) is 1.77. The Balaban J connectivity index is 1.87. The van der Waals surface area contributed by atoms with Crippen LogP contribution in [0.2, 0.25) is 5.02 Å². The molecule has 1 saturated heterocycles. The first-order chi connectivity index (χ1) is 8.66. The van der Waals surface area contributed by atoms with Gasteiger partial charge in [-0.15, -0.1) is 0 Å². The van der Waals surface area contributed by atoms with E-state index in [1.807, 2.05) is 0 Å². The number of rotatable bonds is 4. The number of hydrogen-bond donors (Lipinski definition) is 1. The lowest BCUT2D eigenvalue weighted by Crippen LogP contribution is -2.24. The van der Waals surface area contributed by atoms with Gasteiger partial charge in [-0.1, -0.05) is 22.8 Å². The second kappa shape index (κ2) is 6.02. The Morgan fingerprint density at radius 1 is 1.61 bits per heavy atom. The van der Waals surface area contributed by atoms with E-state index >= 15 is 0 Å². The summed E-state index contributed by atoms with van der Waals surface area (Å²) in [5.41, 5.74) is 6.40. The maximum Gasteiger partial charge on any atom is 0.144 e. The van der Waals surface area contributed by atoms with Crippen LogP contribution >= 0.6 is 11.6 Å². The molecule has 1 atom stereocenters. The topological polar surface area (TPSA) is 56.8 Å². The van der Waals surface area contributed by atoms with Crippen molar-refractivity contribution in [2.24, 2.45) is 16.8 Å². The zero-order valence-corrected chi connectivity index (χ0v) is 10.5. The zero-order valence-electron chi connectivity index (χ0n) is 9.73. The molecule has 0 spiro atoms. The Morgan fingerprint density at radius 2 is 2.44 bits per heavy atom. The van der Waals surface area contributed by atoms with Crippen LogP contribution in [0.4, 0.5) is 4.39 Å². The third-order valence-electron chi connectivity index (χ3n) is 2.73. The van der Waals surface area contributed by atoms with Crippen molar-refractivity contribution in [2.75, 3.05) is 13.2 Å². The minimum Gasteiger partial charge on any atom is -0.390 e. The lowest BCUT2D eigenvalue weighted by atomic mass is 10.1. The largest absolute Gasteiger partial charge is 0.390 e. The van der Waals surface area contributed by atoms with E-state index in [4.69, 9.17) is 26.9 Å². The van der Waals surface area contributed by atoms with E-state index in [2.05, 4.69) is 5.16 Å². The van der Waals surface area contributed by atoms with Crippen LogP contribution in [-0.4, -0.2) is 19.0 Å². The Morgan fingerprint density at radius 3 is 3.11 bits per heavy atom. The fraction of sp³-hybridized carbons (Fsp3) is 0.417. The van der Waals surface area contributed by atoms with Gasteiger partial charge >= 0.3 is 0 Å². The second-order valence-electron chi connectivity index (χ2n) is 4.10. The number of halogens is 2. The smallest absolute Gasteiger partial charge is 0.144 e. The molecule has 98 valence electrons. The first kappa shape index (κ1) is 13.1. The molecule has 2 N–H and O–H groups in total. The van der Waals surface area contributed by atoms with E-state index in [1.165, 1.54) is 12.1 Å². The summed E-state index contributed by atoms with van der Waals surface area (Å²) in [6.45, 7) is 1.43. The van der Waals surface area contributed by atoms with Gasteiger partial charge < -0.3 is 15.3 Å². The van der Waals surface area contributed by atoms with Crippen molar-refractivity contribution in [2.45, 2.75) is 13.0 Å². The third-order valence-corrected chi connectivity index (χ3v) is 3.04. The second-order valence-corrected chi connectivity index (χ2v) is 4.51. The van der Waals surface area contributed by atoms with Crippen molar-refractivity contribution >= 4 is 17.4 Å². The Bertz CT molecular complexity index is 448. The molecule has 0 saturated carbocycles. The summed E-state index contributed by atoms with van der Waals surface area (Å²) in [5.74, 6) is 0.0628. The highest BCUT2D eigenvalue weighted by Gasteiger charge is 2.19. The van der Waals surface area contributed by atoms with Crippen LogP contribution < -0.4 is 5.73 Å². The van der Waals surface area contributed by atoms with Gasteiger partial charge in [-0.2, -0.15) is 0 Å². The molecule has 1 heterocycles. The first-order valence-corrected chi connectivity index (χ1v) is 6.01. The Hall–Kier alpha value is -1.33. The number of nitrogens with two attached hydrogens (primary N) is 1. The molecule has 0 amide bonds. The van der Waals surface area contributed by atoms with Gasteiger partial charge in [-0.25, -0.2) is 4.39 Å². The fourth-order valence-electron chi connectivity index (χ4n) is 1.65. The van der Waals surface area contributed by atoms with Gasteiger partial charge in [0.2, 0.25) is 0 Å². The van der Waals surface area contributed by atoms with Gasteiger partial charge in [-0.05, 0) is 24.1 Å². The average Bonchev–Trinajstić information content (AvgIpc) is 2.87.